The number of aryl methyl sites for hydroxylation is 1. The van der Waals surface area contributed by atoms with Crippen molar-refractivity contribution in [1.82, 2.24) is 9.88 Å². The lowest BCUT2D eigenvalue weighted by molar-refractivity contribution is -0.126. The molecule has 1 saturated heterocycles. The van der Waals surface area contributed by atoms with Gasteiger partial charge in [-0.3, -0.25) is 14.7 Å². The quantitative estimate of drug-likeness (QED) is 0.748. The van der Waals surface area contributed by atoms with Gasteiger partial charge in [0.25, 0.3) is 0 Å². The number of piperidine rings is 1. The average molecular weight is 397 g/mol. The van der Waals surface area contributed by atoms with Crippen molar-refractivity contribution < 1.29 is 9.18 Å². The molecule has 1 aromatic heterocycles. The summed E-state index contributed by atoms with van der Waals surface area (Å²) in [6.07, 6.45) is 4.73. The monoisotopic (exact) mass is 396 g/mol. The molecule has 0 N–H and O–H groups in total. The van der Waals surface area contributed by atoms with Crippen LogP contribution in [-0.2, 0) is 4.79 Å². The lowest BCUT2D eigenvalue weighted by atomic mass is 9.93. The number of pyridine rings is 1. The van der Waals surface area contributed by atoms with Crippen molar-refractivity contribution in [2.45, 2.75) is 37.5 Å². The molecule has 5 heteroatoms. The van der Waals surface area contributed by atoms with Crippen LogP contribution >= 0.6 is 12.6 Å². The molecule has 1 aliphatic heterocycles. The van der Waals surface area contributed by atoms with Crippen LogP contribution in [0.5, 0.6) is 0 Å². The molecule has 1 aromatic carbocycles. The lowest BCUT2D eigenvalue weighted by Crippen LogP contribution is -2.42. The van der Waals surface area contributed by atoms with Gasteiger partial charge in [-0.25, -0.2) is 4.39 Å². The van der Waals surface area contributed by atoms with E-state index in [1.54, 1.807) is 12.1 Å². The molecule has 4 rings (SSSR count). The van der Waals surface area contributed by atoms with Gasteiger partial charge < -0.3 is 0 Å². The van der Waals surface area contributed by atoms with E-state index in [9.17, 15) is 9.18 Å². The van der Waals surface area contributed by atoms with Crippen molar-refractivity contribution in [3.05, 3.63) is 70.8 Å². The standard InChI is InChI=1S/C23H25FN2OS/c1-15-5-4-6-18(25-15)13-17-14-26(12-11-21(17)28)22(23(27)16-9-10-16)19-7-2-3-8-20(19)24/h2-8,13,16,21-22,28H,9-12,14H2,1H3. The van der Waals surface area contributed by atoms with E-state index in [0.29, 0.717) is 12.1 Å². The topological polar surface area (TPSA) is 33.2 Å². The molecule has 2 aromatic rings. The fraction of sp³-hybridized carbons (Fsp3) is 0.391. The maximum absolute atomic E-state index is 14.6. The van der Waals surface area contributed by atoms with Crippen molar-refractivity contribution in [2.24, 2.45) is 5.92 Å². The van der Waals surface area contributed by atoms with Gasteiger partial charge in [0.2, 0.25) is 0 Å². The summed E-state index contributed by atoms with van der Waals surface area (Å²) in [5.41, 5.74) is 3.47. The molecule has 1 saturated carbocycles. The maximum Gasteiger partial charge on any atom is 0.157 e. The van der Waals surface area contributed by atoms with Crippen molar-refractivity contribution in [2.75, 3.05) is 13.1 Å². The highest BCUT2D eigenvalue weighted by molar-refractivity contribution is 7.81. The van der Waals surface area contributed by atoms with Crippen molar-refractivity contribution >= 4 is 24.5 Å². The first-order valence-electron chi connectivity index (χ1n) is 9.87. The number of carbonyl (C=O) groups excluding carboxylic acids is 1. The zero-order valence-electron chi connectivity index (χ0n) is 16.0. The van der Waals surface area contributed by atoms with E-state index >= 15 is 0 Å². The van der Waals surface area contributed by atoms with Crippen LogP contribution in [0.1, 0.15) is 42.3 Å². The van der Waals surface area contributed by atoms with E-state index in [1.807, 2.05) is 31.2 Å². The Morgan fingerprint density at radius 1 is 1.21 bits per heavy atom. The van der Waals surface area contributed by atoms with E-state index in [1.165, 1.54) is 6.07 Å². The Morgan fingerprint density at radius 3 is 2.71 bits per heavy atom. The number of benzene rings is 1. The first-order valence-corrected chi connectivity index (χ1v) is 10.4. The summed E-state index contributed by atoms with van der Waals surface area (Å²) in [5, 5.41) is 0.121. The normalized spacial score (nSPS) is 23.0. The van der Waals surface area contributed by atoms with Gasteiger partial charge in [-0.1, -0.05) is 24.3 Å². The van der Waals surface area contributed by atoms with Gasteiger partial charge >= 0.3 is 0 Å². The highest BCUT2D eigenvalue weighted by Crippen LogP contribution is 2.39. The zero-order chi connectivity index (χ0) is 19.7. The Bertz CT molecular complexity index is 909. The van der Waals surface area contributed by atoms with E-state index < -0.39 is 6.04 Å². The summed E-state index contributed by atoms with van der Waals surface area (Å²) in [7, 11) is 0. The van der Waals surface area contributed by atoms with Crippen LogP contribution < -0.4 is 0 Å². The fourth-order valence-corrected chi connectivity index (χ4v) is 4.18. The van der Waals surface area contributed by atoms with Gasteiger partial charge in [-0.15, -0.1) is 0 Å². The molecule has 0 amide bonds. The number of ketones is 1. The molecule has 2 heterocycles. The molecule has 28 heavy (non-hydrogen) atoms. The predicted octanol–water partition coefficient (Wildman–Crippen LogP) is 4.64. The van der Waals surface area contributed by atoms with Gasteiger partial charge in [0.1, 0.15) is 5.82 Å². The summed E-state index contributed by atoms with van der Waals surface area (Å²) < 4.78 is 14.6. The second-order valence-corrected chi connectivity index (χ2v) is 8.42. The molecular formula is C23H25FN2OS. The number of nitrogens with zero attached hydrogens (tertiary/aromatic N) is 2. The highest BCUT2D eigenvalue weighted by atomic mass is 32.1. The highest BCUT2D eigenvalue weighted by Gasteiger charge is 2.40. The number of likely N-dealkylation sites (tertiary alicyclic amines) is 1. The van der Waals surface area contributed by atoms with Crippen LogP contribution in [-0.4, -0.2) is 34.0 Å². The number of carbonyl (C=O) groups is 1. The molecule has 2 atom stereocenters. The second kappa shape index (κ2) is 8.18. The predicted molar refractivity (Wildman–Crippen MR) is 113 cm³/mol. The van der Waals surface area contributed by atoms with Crippen molar-refractivity contribution in [3.8, 4) is 0 Å². The molecular weight excluding hydrogens is 371 g/mol. The largest absolute Gasteiger partial charge is 0.297 e. The smallest absolute Gasteiger partial charge is 0.157 e. The van der Waals surface area contributed by atoms with Crippen LogP contribution in [0.3, 0.4) is 0 Å². The number of rotatable bonds is 5. The molecule has 0 spiro atoms. The molecule has 2 unspecified atom stereocenters. The number of halogens is 1. The average Bonchev–Trinajstić information content (AvgIpc) is 3.51. The van der Waals surface area contributed by atoms with Crippen LogP contribution in [0.4, 0.5) is 4.39 Å². The summed E-state index contributed by atoms with van der Waals surface area (Å²) in [6, 6.07) is 12.1. The van der Waals surface area contributed by atoms with Gasteiger partial charge in [0, 0.05) is 35.5 Å². The van der Waals surface area contributed by atoms with Gasteiger partial charge in [0.05, 0.1) is 11.7 Å². The fourth-order valence-electron chi connectivity index (χ4n) is 3.91. The van der Waals surface area contributed by atoms with Crippen LogP contribution in [0.2, 0.25) is 0 Å². The van der Waals surface area contributed by atoms with Crippen molar-refractivity contribution in [1.29, 1.82) is 0 Å². The van der Waals surface area contributed by atoms with E-state index in [0.717, 1.165) is 42.8 Å². The Labute approximate surface area is 171 Å². The first-order chi connectivity index (χ1) is 13.5. The second-order valence-electron chi connectivity index (χ2n) is 7.80. The van der Waals surface area contributed by atoms with Crippen molar-refractivity contribution in [3.63, 3.8) is 0 Å². The summed E-state index contributed by atoms with van der Waals surface area (Å²) in [4.78, 5) is 19.8. The molecule has 146 valence electrons. The SMILES string of the molecule is Cc1cccc(C=C2CN(C(C(=O)C3CC3)c3ccccc3F)CCC2S)n1. The third kappa shape index (κ3) is 4.20. The third-order valence-electron chi connectivity index (χ3n) is 5.56. The molecule has 0 radical (unpaired) electrons. The Kier molecular flexibility index (Phi) is 5.65. The Balaban J connectivity index is 1.65. The number of hydrogen-bond acceptors (Lipinski definition) is 4. The number of hydrogen-bond donors (Lipinski definition) is 1. The van der Waals surface area contributed by atoms with E-state index in [2.05, 4.69) is 16.0 Å². The lowest BCUT2D eigenvalue weighted by Gasteiger charge is -2.37. The zero-order valence-corrected chi connectivity index (χ0v) is 16.9. The minimum Gasteiger partial charge on any atom is -0.297 e. The van der Waals surface area contributed by atoms with Gasteiger partial charge in [-0.05, 0) is 56.0 Å². The van der Waals surface area contributed by atoms with Crippen LogP contribution in [0.25, 0.3) is 6.08 Å². The molecule has 1 aliphatic carbocycles. The summed E-state index contributed by atoms with van der Waals surface area (Å²) in [6.45, 7) is 3.29. The summed E-state index contributed by atoms with van der Waals surface area (Å²) >= 11 is 4.75. The molecule has 2 fully saturated rings. The number of thiol groups is 1. The van der Waals surface area contributed by atoms with Gasteiger partial charge in [0.15, 0.2) is 5.78 Å². The van der Waals surface area contributed by atoms with E-state index in [-0.39, 0.29) is 22.8 Å². The number of Topliss-reactive ketones (excluding diaryl/α,β-unsaturated/α-hetero) is 1. The molecule has 2 aliphatic rings. The number of aromatic nitrogens is 1. The van der Waals surface area contributed by atoms with Crippen LogP contribution in [0.15, 0.2) is 48.0 Å². The minimum atomic E-state index is -0.525. The van der Waals surface area contributed by atoms with E-state index in [4.69, 9.17) is 12.6 Å². The molecule has 3 nitrogen and oxygen atoms in total. The molecule has 0 bridgehead atoms. The third-order valence-corrected chi connectivity index (χ3v) is 6.15. The first kappa shape index (κ1) is 19.3. The minimum absolute atomic E-state index is 0.0733. The van der Waals surface area contributed by atoms with Gasteiger partial charge in [-0.2, -0.15) is 12.6 Å². The Morgan fingerprint density at radius 2 is 2.00 bits per heavy atom. The summed E-state index contributed by atoms with van der Waals surface area (Å²) in [5.74, 6) is -0.0830. The van der Waals surface area contributed by atoms with Crippen LogP contribution in [0, 0.1) is 18.7 Å². The maximum atomic E-state index is 14.6. The Hall–Kier alpha value is -1.98.